The van der Waals surface area contributed by atoms with Crippen LogP contribution in [0.1, 0.15) is 73.4 Å². The number of aryl methyl sites for hydroxylation is 1. The number of methoxy groups -OCH3 is 1. The van der Waals surface area contributed by atoms with E-state index >= 15 is 0 Å². The molecule has 3 amide bonds. The Morgan fingerprint density at radius 2 is 1.96 bits per heavy atom. The number of likely N-dealkylation sites (tertiary alicyclic amines) is 1. The zero-order valence-corrected chi connectivity index (χ0v) is 30.7. The van der Waals surface area contributed by atoms with E-state index in [-0.39, 0.29) is 23.4 Å². The summed E-state index contributed by atoms with van der Waals surface area (Å²) >= 11 is 6.47. The highest BCUT2D eigenvalue weighted by Crippen LogP contribution is 2.42. The second-order valence-corrected chi connectivity index (χ2v) is 17.3. The number of hydrogen-bond donors (Lipinski definition) is 1. The van der Waals surface area contributed by atoms with E-state index in [1.165, 1.54) is 11.1 Å². The number of carbonyl (C=O) groups excluding carboxylic acids is 2. The number of benzene rings is 2. The number of ether oxygens (including phenoxy) is 3. The second-order valence-electron chi connectivity index (χ2n) is 14.9. The van der Waals surface area contributed by atoms with Gasteiger partial charge in [0.1, 0.15) is 21.3 Å². The van der Waals surface area contributed by atoms with Crippen LogP contribution in [0.15, 0.2) is 52.9 Å². The van der Waals surface area contributed by atoms with Gasteiger partial charge < -0.3 is 24.0 Å². The Hall–Kier alpha value is -3.12. The predicted octanol–water partition coefficient (Wildman–Crippen LogP) is 6.80. The Kier molecular flexibility index (Phi) is 10.5. The minimum absolute atomic E-state index is 0.0352. The third-order valence-corrected chi connectivity index (χ3v) is 13.3. The van der Waals surface area contributed by atoms with E-state index in [4.69, 9.17) is 25.8 Å². The van der Waals surface area contributed by atoms with Crippen molar-refractivity contribution < 1.29 is 28.0 Å². The third-order valence-electron chi connectivity index (χ3n) is 11.1. The number of hydrogen-bond acceptors (Lipinski definition) is 7. The van der Waals surface area contributed by atoms with E-state index in [0.29, 0.717) is 62.4 Å². The number of anilines is 1. The van der Waals surface area contributed by atoms with Crippen molar-refractivity contribution in [1.82, 2.24) is 9.62 Å². The number of allylic oxidation sites excluding steroid dienone is 1. The quantitative estimate of drug-likeness (QED) is 0.340. The van der Waals surface area contributed by atoms with E-state index in [9.17, 15) is 13.8 Å². The summed E-state index contributed by atoms with van der Waals surface area (Å²) in [5.41, 5.74) is 3.20. The fourth-order valence-electron chi connectivity index (χ4n) is 8.17. The van der Waals surface area contributed by atoms with Crippen LogP contribution < -0.4 is 14.4 Å². The summed E-state index contributed by atoms with van der Waals surface area (Å²) < 4.78 is 39.9. The lowest BCUT2D eigenvalue weighted by molar-refractivity contribution is -0.0905. The van der Waals surface area contributed by atoms with Gasteiger partial charge in [0.05, 0.1) is 37.2 Å². The monoisotopic (exact) mass is 724 g/mol. The number of amides is 3. The van der Waals surface area contributed by atoms with Gasteiger partial charge in [-0.3, -0.25) is 9.52 Å². The molecule has 10 nitrogen and oxygen atoms in total. The predicted molar refractivity (Wildman–Crippen MR) is 195 cm³/mol. The fourth-order valence-corrected chi connectivity index (χ4v) is 10.3. The van der Waals surface area contributed by atoms with Gasteiger partial charge in [-0.25, -0.2) is 9.00 Å². The van der Waals surface area contributed by atoms with E-state index in [0.717, 1.165) is 62.2 Å². The minimum atomic E-state index is -3.48. The first-order valence-corrected chi connectivity index (χ1v) is 20.2. The molecule has 3 fully saturated rings. The maximum Gasteiger partial charge on any atom is 0.330 e. The van der Waals surface area contributed by atoms with Crippen LogP contribution in [0.25, 0.3) is 0 Å². The van der Waals surface area contributed by atoms with Gasteiger partial charge in [-0.05, 0) is 111 Å². The summed E-state index contributed by atoms with van der Waals surface area (Å²) in [7, 11) is -1.72. The lowest BCUT2D eigenvalue weighted by atomic mass is 9.70. The highest BCUT2D eigenvalue weighted by atomic mass is 35.5. The standard InChI is InChI=1S/C38H49ClN4O6S/c1-26-7-5-9-34(47-2)32-14-11-30(32)22-42-21-29-10-13-31(39)19-27(29)8-3-4-17-48-35-15-12-28(20-33(35)42)36(44)40-50(46,23-26)41-37(45)43-24-38(25-43)16-6-18-49-38/h5,9-10,12-13,15,19-20,26,30,32,34H,3-4,6-8,11,14,16-18,21-25H2,1-2H3,(H,40,41,44,45,46)/b9-5+/t26-,30-,32+,34-,50?/m0/s1. The van der Waals surface area contributed by atoms with Crippen molar-refractivity contribution in [3.05, 3.63) is 70.3 Å². The Morgan fingerprint density at radius 1 is 1.10 bits per heavy atom. The zero-order chi connectivity index (χ0) is 34.9. The molecule has 4 aliphatic heterocycles. The molecule has 0 radical (unpaired) electrons. The molecular weight excluding hydrogens is 676 g/mol. The first-order chi connectivity index (χ1) is 24.1. The third kappa shape index (κ3) is 7.71. The summed E-state index contributed by atoms with van der Waals surface area (Å²) in [6.45, 7) is 5.44. The van der Waals surface area contributed by atoms with Gasteiger partial charge in [0.15, 0.2) is 0 Å². The van der Waals surface area contributed by atoms with E-state index in [2.05, 4.69) is 38.3 Å². The number of fused-ring (bicyclic) bond motifs is 3. The lowest BCUT2D eigenvalue weighted by Gasteiger charge is -2.46. The molecule has 1 saturated carbocycles. The molecule has 2 bridgehead atoms. The average Bonchev–Trinajstić information content (AvgIpc) is 3.55. The molecule has 2 saturated heterocycles. The van der Waals surface area contributed by atoms with Crippen LogP contribution in [-0.2, 0) is 32.4 Å². The fraction of sp³-hybridized carbons (Fsp3) is 0.579. The molecule has 2 aromatic rings. The number of rotatable bonds is 2. The van der Waals surface area contributed by atoms with Crippen molar-refractivity contribution >= 4 is 39.1 Å². The number of nitrogens with one attached hydrogen (secondary N) is 1. The van der Waals surface area contributed by atoms with Crippen LogP contribution in [0.5, 0.6) is 5.75 Å². The molecule has 7 rings (SSSR count). The van der Waals surface area contributed by atoms with Crippen molar-refractivity contribution in [2.24, 2.45) is 22.1 Å². The van der Waals surface area contributed by atoms with Crippen molar-refractivity contribution in [3.63, 3.8) is 0 Å². The van der Waals surface area contributed by atoms with Gasteiger partial charge in [0, 0.05) is 37.4 Å². The Morgan fingerprint density at radius 3 is 2.72 bits per heavy atom. The van der Waals surface area contributed by atoms with Crippen LogP contribution in [0, 0.1) is 17.8 Å². The summed E-state index contributed by atoms with van der Waals surface area (Å²) in [5.74, 6) is 0.685. The Labute approximate surface area is 301 Å². The van der Waals surface area contributed by atoms with Crippen molar-refractivity contribution in [2.45, 2.75) is 76.5 Å². The van der Waals surface area contributed by atoms with Crippen molar-refractivity contribution in [3.8, 4) is 5.75 Å². The molecule has 270 valence electrons. The molecule has 1 spiro atoms. The number of nitrogens with zero attached hydrogens (tertiary/aromatic N) is 3. The first-order valence-electron chi connectivity index (χ1n) is 18.1. The molecule has 0 aromatic heterocycles. The Balaban J connectivity index is 1.27. The topological polar surface area (TPSA) is 110 Å². The molecule has 4 heterocycles. The Bertz CT molecular complexity index is 1740. The smallest absolute Gasteiger partial charge is 0.330 e. The summed E-state index contributed by atoms with van der Waals surface area (Å²) in [4.78, 5) is 31.3. The maximum absolute atomic E-state index is 14.5. The number of urea groups is 1. The van der Waals surface area contributed by atoms with Crippen LogP contribution in [0.4, 0.5) is 10.5 Å². The highest BCUT2D eigenvalue weighted by molar-refractivity contribution is 7.92. The molecule has 1 N–H and O–H groups in total. The average molecular weight is 725 g/mol. The van der Waals surface area contributed by atoms with Crippen LogP contribution in [0.2, 0.25) is 5.02 Å². The van der Waals surface area contributed by atoms with Gasteiger partial charge in [-0.15, -0.1) is 4.36 Å². The van der Waals surface area contributed by atoms with Gasteiger partial charge >= 0.3 is 6.03 Å². The van der Waals surface area contributed by atoms with Crippen molar-refractivity contribution in [2.75, 3.05) is 50.6 Å². The van der Waals surface area contributed by atoms with E-state index in [1.54, 1.807) is 18.1 Å². The highest BCUT2D eigenvalue weighted by Gasteiger charge is 2.48. The number of carbonyl (C=O) groups is 2. The lowest BCUT2D eigenvalue weighted by Crippen LogP contribution is -2.65. The second kappa shape index (κ2) is 14.9. The molecule has 5 aliphatic rings. The zero-order valence-electron chi connectivity index (χ0n) is 29.1. The van der Waals surface area contributed by atoms with Crippen molar-refractivity contribution in [1.29, 1.82) is 0 Å². The molecule has 1 aliphatic carbocycles. The molecule has 5 atom stereocenters. The molecular formula is C38H49ClN4O6S. The van der Waals surface area contributed by atoms with E-state index < -0.39 is 21.9 Å². The largest absolute Gasteiger partial charge is 0.491 e. The van der Waals surface area contributed by atoms with Gasteiger partial charge in [0.25, 0.3) is 5.91 Å². The van der Waals surface area contributed by atoms with E-state index in [1.807, 2.05) is 25.1 Å². The minimum Gasteiger partial charge on any atom is -0.491 e. The SMILES string of the molecule is CO[C@H]1/C=C/C[C@H](C)CS(=O)(NC(=O)N2CC3(CCCO3)C2)=NC(=O)c2ccc3c(c2)N(Cc2ccc(Cl)cc2CCCCO3)C[C@@H]2CC[C@H]21. The first kappa shape index (κ1) is 35.3. The van der Waals surface area contributed by atoms with Crippen LogP contribution in [0.3, 0.4) is 0 Å². The summed E-state index contributed by atoms with van der Waals surface area (Å²) in [5, 5.41) is 0.719. The van der Waals surface area contributed by atoms with Crippen LogP contribution in [-0.4, -0.2) is 78.5 Å². The summed E-state index contributed by atoms with van der Waals surface area (Å²) in [6, 6.07) is 11.0. The molecule has 1 unspecified atom stereocenters. The van der Waals surface area contributed by atoms with Gasteiger partial charge in [0.2, 0.25) is 0 Å². The van der Waals surface area contributed by atoms with Crippen LogP contribution >= 0.6 is 11.6 Å². The molecule has 2 aromatic carbocycles. The summed E-state index contributed by atoms with van der Waals surface area (Å²) in [6.07, 6.45) is 11.5. The molecule has 12 heteroatoms. The maximum atomic E-state index is 14.5. The molecule has 50 heavy (non-hydrogen) atoms. The van der Waals surface area contributed by atoms with Gasteiger partial charge in [-0.1, -0.05) is 36.7 Å². The normalized spacial score (nSPS) is 30.3. The number of halogens is 1. The van der Waals surface area contributed by atoms with Gasteiger partial charge in [-0.2, -0.15) is 0 Å².